The second-order valence-corrected chi connectivity index (χ2v) is 4.36. The lowest BCUT2D eigenvalue weighted by atomic mass is 9.94. The number of nitrogens with two attached hydrogens (primary N) is 1. The number of nitriles is 1. The Hall–Kier alpha value is -1.69. The standard InChI is InChI=1S/C13H16N2O/c1-16-13-5-4-10(7-12(13)15)11(8-14)6-9-2-3-9/h4-5,7,9,11H,2-3,6,15H2,1H3. The molecule has 2 rings (SSSR count). The lowest BCUT2D eigenvalue weighted by Gasteiger charge is -2.11. The summed E-state index contributed by atoms with van der Waals surface area (Å²) in [6, 6.07) is 7.99. The average molecular weight is 216 g/mol. The highest BCUT2D eigenvalue weighted by Gasteiger charge is 2.26. The molecule has 16 heavy (non-hydrogen) atoms. The minimum absolute atomic E-state index is 0.0271. The highest BCUT2D eigenvalue weighted by molar-refractivity contribution is 5.55. The third-order valence-corrected chi connectivity index (χ3v) is 3.08. The Labute approximate surface area is 95.8 Å². The Morgan fingerprint density at radius 1 is 1.56 bits per heavy atom. The fourth-order valence-electron chi connectivity index (χ4n) is 1.92. The van der Waals surface area contributed by atoms with Gasteiger partial charge in [-0.15, -0.1) is 0 Å². The number of anilines is 1. The second kappa shape index (κ2) is 4.44. The molecule has 84 valence electrons. The highest BCUT2D eigenvalue weighted by atomic mass is 16.5. The molecule has 1 aromatic carbocycles. The molecule has 1 aliphatic carbocycles. The van der Waals surface area contributed by atoms with E-state index in [1.807, 2.05) is 18.2 Å². The first-order chi connectivity index (χ1) is 7.74. The number of nitrogens with zero attached hydrogens (tertiary/aromatic N) is 1. The van der Waals surface area contributed by atoms with Gasteiger partial charge >= 0.3 is 0 Å². The number of nitrogen functional groups attached to an aromatic ring is 1. The van der Waals surface area contributed by atoms with Gasteiger partial charge in [-0.25, -0.2) is 0 Å². The molecule has 1 saturated carbocycles. The zero-order valence-corrected chi connectivity index (χ0v) is 9.44. The Balaban J connectivity index is 2.17. The van der Waals surface area contributed by atoms with E-state index in [1.165, 1.54) is 12.8 Å². The van der Waals surface area contributed by atoms with E-state index < -0.39 is 0 Å². The van der Waals surface area contributed by atoms with Crippen molar-refractivity contribution in [1.29, 1.82) is 5.26 Å². The fraction of sp³-hybridized carbons (Fsp3) is 0.462. The number of benzene rings is 1. The number of rotatable bonds is 4. The van der Waals surface area contributed by atoms with Gasteiger partial charge in [0.1, 0.15) is 5.75 Å². The third kappa shape index (κ3) is 2.27. The summed E-state index contributed by atoms with van der Waals surface area (Å²) in [6.45, 7) is 0. The van der Waals surface area contributed by atoms with Crippen molar-refractivity contribution in [2.75, 3.05) is 12.8 Å². The topological polar surface area (TPSA) is 59.0 Å². The molecule has 0 heterocycles. The van der Waals surface area contributed by atoms with Crippen molar-refractivity contribution in [2.24, 2.45) is 5.92 Å². The predicted molar refractivity (Wildman–Crippen MR) is 63.1 cm³/mol. The molecule has 0 aliphatic heterocycles. The Kier molecular flexibility index (Phi) is 3.00. The van der Waals surface area contributed by atoms with E-state index in [-0.39, 0.29) is 5.92 Å². The van der Waals surface area contributed by atoms with Crippen LogP contribution in [0.15, 0.2) is 18.2 Å². The molecule has 1 aliphatic rings. The molecular formula is C13H16N2O. The number of hydrogen-bond acceptors (Lipinski definition) is 3. The Morgan fingerprint density at radius 3 is 2.81 bits per heavy atom. The first kappa shape index (κ1) is 10.8. The molecule has 0 saturated heterocycles. The summed E-state index contributed by atoms with van der Waals surface area (Å²) in [4.78, 5) is 0. The zero-order valence-electron chi connectivity index (χ0n) is 9.44. The van der Waals surface area contributed by atoms with Crippen molar-refractivity contribution < 1.29 is 4.74 Å². The van der Waals surface area contributed by atoms with Crippen molar-refractivity contribution in [1.82, 2.24) is 0 Å². The molecule has 2 N–H and O–H groups in total. The summed E-state index contributed by atoms with van der Waals surface area (Å²) in [5.74, 6) is 1.39. The molecule has 3 nitrogen and oxygen atoms in total. The van der Waals surface area contributed by atoms with Gasteiger partial charge in [0.05, 0.1) is 24.8 Å². The van der Waals surface area contributed by atoms with Crippen LogP contribution in [0, 0.1) is 17.2 Å². The zero-order chi connectivity index (χ0) is 11.5. The Bertz CT molecular complexity index is 418. The molecule has 3 heteroatoms. The molecule has 0 spiro atoms. The van der Waals surface area contributed by atoms with Gasteiger partial charge in [0, 0.05) is 0 Å². The lowest BCUT2D eigenvalue weighted by molar-refractivity contribution is 0.417. The van der Waals surface area contributed by atoms with Gasteiger partial charge < -0.3 is 10.5 Å². The molecule has 1 atom stereocenters. The van der Waals surface area contributed by atoms with Crippen LogP contribution in [0.4, 0.5) is 5.69 Å². The highest BCUT2D eigenvalue weighted by Crippen LogP contribution is 2.39. The van der Waals surface area contributed by atoms with Crippen LogP contribution in [-0.4, -0.2) is 7.11 Å². The van der Waals surface area contributed by atoms with E-state index in [0.29, 0.717) is 11.4 Å². The maximum atomic E-state index is 9.15. The van der Waals surface area contributed by atoms with Crippen LogP contribution in [-0.2, 0) is 0 Å². The van der Waals surface area contributed by atoms with Crippen LogP contribution in [0.5, 0.6) is 5.75 Å². The lowest BCUT2D eigenvalue weighted by Crippen LogP contribution is -2.00. The van der Waals surface area contributed by atoms with Gasteiger partial charge in [-0.3, -0.25) is 0 Å². The van der Waals surface area contributed by atoms with Gasteiger partial charge in [0.2, 0.25) is 0 Å². The maximum absolute atomic E-state index is 9.15. The van der Waals surface area contributed by atoms with E-state index >= 15 is 0 Å². The van der Waals surface area contributed by atoms with Gasteiger partial charge in [-0.05, 0) is 30.0 Å². The van der Waals surface area contributed by atoms with E-state index in [2.05, 4.69) is 6.07 Å². The maximum Gasteiger partial charge on any atom is 0.141 e. The number of ether oxygens (including phenoxy) is 1. The van der Waals surface area contributed by atoms with Crippen LogP contribution >= 0.6 is 0 Å². The van der Waals surface area contributed by atoms with Crippen molar-refractivity contribution in [3.8, 4) is 11.8 Å². The van der Waals surface area contributed by atoms with Gasteiger partial charge in [-0.2, -0.15) is 5.26 Å². The van der Waals surface area contributed by atoms with Crippen LogP contribution in [0.3, 0.4) is 0 Å². The third-order valence-electron chi connectivity index (χ3n) is 3.08. The van der Waals surface area contributed by atoms with Crippen molar-refractivity contribution in [2.45, 2.75) is 25.2 Å². The van der Waals surface area contributed by atoms with Crippen molar-refractivity contribution in [3.63, 3.8) is 0 Å². The van der Waals surface area contributed by atoms with E-state index in [9.17, 15) is 0 Å². The smallest absolute Gasteiger partial charge is 0.141 e. The normalized spacial score (nSPS) is 16.5. The molecular weight excluding hydrogens is 200 g/mol. The number of methoxy groups -OCH3 is 1. The minimum Gasteiger partial charge on any atom is -0.495 e. The molecule has 1 fully saturated rings. The van der Waals surface area contributed by atoms with Crippen molar-refractivity contribution >= 4 is 5.69 Å². The summed E-state index contributed by atoms with van der Waals surface area (Å²) < 4.78 is 5.10. The average Bonchev–Trinajstić information content (AvgIpc) is 3.09. The minimum atomic E-state index is -0.0271. The SMILES string of the molecule is COc1ccc(C(C#N)CC2CC2)cc1N. The first-order valence-electron chi connectivity index (χ1n) is 5.57. The Morgan fingerprint density at radius 2 is 2.31 bits per heavy atom. The van der Waals surface area contributed by atoms with Crippen molar-refractivity contribution in [3.05, 3.63) is 23.8 Å². The monoisotopic (exact) mass is 216 g/mol. The summed E-state index contributed by atoms with van der Waals surface area (Å²) in [5.41, 5.74) is 7.45. The summed E-state index contributed by atoms with van der Waals surface area (Å²) in [7, 11) is 1.59. The van der Waals surface area contributed by atoms with E-state index in [4.69, 9.17) is 15.7 Å². The van der Waals surface area contributed by atoms with E-state index in [1.54, 1.807) is 7.11 Å². The van der Waals surface area contributed by atoms with Gasteiger partial charge in [0.25, 0.3) is 0 Å². The molecule has 1 aromatic rings. The van der Waals surface area contributed by atoms with Gasteiger partial charge in [0.15, 0.2) is 0 Å². The van der Waals surface area contributed by atoms with Crippen LogP contribution in [0.2, 0.25) is 0 Å². The summed E-state index contributed by atoms with van der Waals surface area (Å²) >= 11 is 0. The molecule has 0 radical (unpaired) electrons. The van der Waals surface area contributed by atoms with Crippen LogP contribution < -0.4 is 10.5 Å². The fourth-order valence-corrected chi connectivity index (χ4v) is 1.92. The first-order valence-corrected chi connectivity index (χ1v) is 5.57. The molecule has 0 bridgehead atoms. The predicted octanol–water partition coefficient (Wildman–Crippen LogP) is 2.68. The second-order valence-electron chi connectivity index (χ2n) is 4.36. The molecule has 0 amide bonds. The van der Waals surface area contributed by atoms with Gasteiger partial charge in [-0.1, -0.05) is 18.9 Å². The molecule has 0 aromatic heterocycles. The largest absolute Gasteiger partial charge is 0.495 e. The summed E-state index contributed by atoms with van der Waals surface area (Å²) in [5, 5.41) is 9.15. The molecule has 1 unspecified atom stereocenters. The number of hydrogen-bond donors (Lipinski definition) is 1. The van der Waals surface area contributed by atoms with Crippen LogP contribution in [0.25, 0.3) is 0 Å². The van der Waals surface area contributed by atoms with Crippen LogP contribution in [0.1, 0.15) is 30.7 Å². The quantitative estimate of drug-likeness (QED) is 0.787. The van der Waals surface area contributed by atoms with E-state index in [0.717, 1.165) is 17.9 Å². The summed E-state index contributed by atoms with van der Waals surface area (Å²) in [6.07, 6.45) is 3.50.